The number of hydrogen-bond donors (Lipinski definition) is 1. The van der Waals surface area contributed by atoms with E-state index in [1.54, 1.807) is 12.1 Å². The summed E-state index contributed by atoms with van der Waals surface area (Å²) in [5, 5.41) is 5.53. The van der Waals surface area contributed by atoms with Crippen molar-refractivity contribution in [3.63, 3.8) is 0 Å². The lowest BCUT2D eigenvalue weighted by atomic mass is 10.1. The largest absolute Gasteiger partial charge is 0.416 e. The molecule has 0 unspecified atom stereocenters. The molecule has 128 valence electrons. The monoisotopic (exact) mass is 362 g/mol. The summed E-state index contributed by atoms with van der Waals surface area (Å²) < 4.78 is 37.8. The Hall–Kier alpha value is -2.67. The fourth-order valence-corrected chi connectivity index (χ4v) is 2.92. The molecule has 7 heteroatoms. The van der Waals surface area contributed by atoms with Crippen LogP contribution in [0.3, 0.4) is 0 Å². The van der Waals surface area contributed by atoms with Gasteiger partial charge >= 0.3 is 6.18 Å². The quantitative estimate of drug-likeness (QED) is 0.679. The average molecular weight is 362 g/mol. The Balaban J connectivity index is 1.84. The van der Waals surface area contributed by atoms with Crippen molar-refractivity contribution in [2.24, 2.45) is 0 Å². The molecule has 3 aromatic rings. The first-order valence-corrected chi connectivity index (χ1v) is 8.23. The topological polar surface area (TPSA) is 42.0 Å². The number of aromatic nitrogens is 1. The smallest absolute Gasteiger partial charge is 0.321 e. The third-order valence-corrected chi connectivity index (χ3v) is 4.32. The molecule has 0 saturated heterocycles. The Morgan fingerprint density at radius 1 is 1.08 bits per heavy atom. The van der Waals surface area contributed by atoms with E-state index in [4.69, 9.17) is 0 Å². The van der Waals surface area contributed by atoms with Crippen LogP contribution in [0.15, 0.2) is 53.9 Å². The summed E-state index contributed by atoms with van der Waals surface area (Å²) in [6.07, 6.45) is -4.43. The van der Waals surface area contributed by atoms with Crippen LogP contribution < -0.4 is 5.32 Å². The number of nitrogens with one attached hydrogen (secondary N) is 1. The molecule has 0 radical (unpaired) electrons. The summed E-state index contributed by atoms with van der Waals surface area (Å²) in [4.78, 5) is 16.8. The van der Waals surface area contributed by atoms with Gasteiger partial charge in [0.2, 0.25) is 0 Å². The summed E-state index contributed by atoms with van der Waals surface area (Å²) in [6, 6.07) is 11.3. The number of nitrogens with zero attached hydrogens (tertiary/aromatic N) is 1. The number of benzene rings is 2. The third-order valence-electron chi connectivity index (χ3n) is 3.54. The summed E-state index contributed by atoms with van der Waals surface area (Å²) in [6.45, 7) is 1.89. The average Bonchev–Trinajstić information content (AvgIpc) is 3.01. The fourth-order valence-electron chi connectivity index (χ4n) is 2.31. The van der Waals surface area contributed by atoms with Gasteiger partial charge in [0, 0.05) is 16.5 Å². The normalized spacial score (nSPS) is 11.4. The number of rotatable bonds is 3. The van der Waals surface area contributed by atoms with E-state index in [0.29, 0.717) is 5.69 Å². The molecule has 0 spiro atoms. The molecule has 25 heavy (non-hydrogen) atoms. The van der Waals surface area contributed by atoms with Crippen molar-refractivity contribution in [2.45, 2.75) is 13.1 Å². The van der Waals surface area contributed by atoms with E-state index in [1.165, 1.54) is 11.3 Å². The van der Waals surface area contributed by atoms with Crippen molar-refractivity contribution in [3.05, 3.63) is 70.0 Å². The van der Waals surface area contributed by atoms with Gasteiger partial charge in [-0.05, 0) is 37.3 Å². The molecule has 0 bridgehead atoms. The maximum Gasteiger partial charge on any atom is 0.416 e. The Kier molecular flexibility index (Phi) is 4.59. The van der Waals surface area contributed by atoms with Crippen LogP contribution in [0.1, 0.15) is 20.9 Å². The van der Waals surface area contributed by atoms with E-state index >= 15 is 0 Å². The van der Waals surface area contributed by atoms with Crippen molar-refractivity contribution in [1.29, 1.82) is 0 Å². The Morgan fingerprint density at radius 3 is 2.36 bits per heavy atom. The van der Waals surface area contributed by atoms with Gasteiger partial charge in [0.1, 0.15) is 0 Å². The standard InChI is InChI=1S/C18H13F3N2OS/c1-11-22-16(10-25-11)14-4-2-3-5-15(14)23-17(24)12-6-8-13(9-7-12)18(19,20)21/h2-10H,1H3,(H,23,24). The van der Waals surface area contributed by atoms with Crippen molar-refractivity contribution in [2.75, 3.05) is 5.32 Å². The number of halogens is 3. The van der Waals surface area contributed by atoms with Crippen LogP contribution in [0.5, 0.6) is 0 Å². The molecule has 1 aromatic heterocycles. The summed E-state index contributed by atoms with van der Waals surface area (Å²) >= 11 is 1.50. The van der Waals surface area contributed by atoms with Crippen LogP contribution in [0.25, 0.3) is 11.3 Å². The van der Waals surface area contributed by atoms with Gasteiger partial charge in [0.05, 0.1) is 22.0 Å². The van der Waals surface area contributed by atoms with Crippen LogP contribution >= 0.6 is 11.3 Å². The maximum atomic E-state index is 12.6. The predicted octanol–water partition coefficient (Wildman–Crippen LogP) is 5.39. The van der Waals surface area contributed by atoms with Gasteiger partial charge in [-0.25, -0.2) is 4.98 Å². The van der Waals surface area contributed by atoms with Gasteiger partial charge in [0.15, 0.2) is 0 Å². The maximum absolute atomic E-state index is 12.6. The second-order valence-electron chi connectivity index (χ2n) is 5.33. The number of para-hydroxylation sites is 1. The minimum absolute atomic E-state index is 0.150. The molecule has 1 amide bonds. The second kappa shape index (κ2) is 6.68. The summed E-state index contributed by atoms with van der Waals surface area (Å²) in [5.74, 6) is -0.479. The minimum atomic E-state index is -4.43. The lowest BCUT2D eigenvalue weighted by Gasteiger charge is -2.11. The van der Waals surface area contributed by atoms with Gasteiger partial charge in [0.25, 0.3) is 5.91 Å². The highest BCUT2D eigenvalue weighted by Gasteiger charge is 2.30. The van der Waals surface area contributed by atoms with Crippen molar-refractivity contribution >= 4 is 22.9 Å². The fraction of sp³-hybridized carbons (Fsp3) is 0.111. The highest BCUT2D eigenvalue weighted by molar-refractivity contribution is 7.09. The van der Waals surface area contributed by atoms with Gasteiger partial charge in [-0.3, -0.25) is 4.79 Å². The Bertz CT molecular complexity index is 901. The lowest BCUT2D eigenvalue weighted by Crippen LogP contribution is -2.13. The van der Waals surface area contributed by atoms with Crippen LogP contribution in [-0.4, -0.2) is 10.9 Å². The first kappa shape index (κ1) is 17.2. The zero-order chi connectivity index (χ0) is 18.0. The number of carbonyl (C=O) groups excluding carboxylic acids is 1. The van der Waals surface area contributed by atoms with Crippen LogP contribution in [0, 0.1) is 6.92 Å². The van der Waals surface area contributed by atoms with E-state index < -0.39 is 17.6 Å². The molecule has 3 nitrogen and oxygen atoms in total. The number of aryl methyl sites for hydroxylation is 1. The molecular weight excluding hydrogens is 349 g/mol. The molecule has 2 aromatic carbocycles. The molecule has 0 aliphatic rings. The SMILES string of the molecule is Cc1nc(-c2ccccc2NC(=O)c2ccc(C(F)(F)F)cc2)cs1. The minimum Gasteiger partial charge on any atom is -0.321 e. The first-order chi connectivity index (χ1) is 11.8. The highest BCUT2D eigenvalue weighted by atomic mass is 32.1. The van der Waals surface area contributed by atoms with Crippen LogP contribution in [-0.2, 0) is 6.18 Å². The number of alkyl halides is 3. The molecule has 3 rings (SSSR count). The third kappa shape index (κ3) is 3.88. The molecule has 0 saturated carbocycles. The van der Waals surface area contributed by atoms with Crippen molar-refractivity contribution < 1.29 is 18.0 Å². The molecule has 0 aliphatic heterocycles. The zero-order valence-corrected chi connectivity index (χ0v) is 13.9. The first-order valence-electron chi connectivity index (χ1n) is 7.35. The highest BCUT2D eigenvalue weighted by Crippen LogP contribution is 2.30. The number of hydrogen-bond acceptors (Lipinski definition) is 3. The Labute approximate surface area is 146 Å². The Morgan fingerprint density at radius 2 is 1.76 bits per heavy atom. The lowest BCUT2D eigenvalue weighted by molar-refractivity contribution is -0.137. The summed E-state index contributed by atoms with van der Waals surface area (Å²) in [7, 11) is 0. The van der Waals surface area contributed by atoms with E-state index in [9.17, 15) is 18.0 Å². The number of amides is 1. The van der Waals surface area contributed by atoms with Crippen LogP contribution in [0.4, 0.5) is 18.9 Å². The van der Waals surface area contributed by atoms with Gasteiger partial charge < -0.3 is 5.32 Å². The molecule has 0 atom stereocenters. The molecule has 1 heterocycles. The van der Waals surface area contributed by atoms with E-state index in [1.807, 2.05) is 24.4 Å². The van der Waals surface area contributed by atoms with Crippen LogP contribution in [0.2, 0.25) is 0 Å². The zero-order valence-electron chi connectivity index (χ0n) is 13.1. The summed E-state index contributed by atoms with van der Waals surface area (Å²) in [5.41, 5.74) is 1.41. The number of carbonyl (C=O) groups is 1. The molecular formula is C18H13F3N2OS. The van der Waals surface area contributed by atoms with Gasteiger partial charge in [-0.1, -0.05) is 18.2 Å². The number of anilines is 1. The predicted molar refractivity (Wildman–Crippen MR) is 91.7 cm³/mol. The second-order valence-corrected chi connectivity index (χ2v) is 6.39. The molecule has 0 fully saturated rings. The number of thiazole rings is 1. The van der Waals surface area contributed by atoms with Crippen molar-refractivity contribution in [3.8, 4) is 11.3 Å². The van der Waals surface area contributed by atoms with E-state index in [-0.39, 0.29) is 5.56 Å². The van der Waals surface area contributed by atoms with E-state index in [0.717, 1.165) is 40.5 Å². The molecule has 0 aliphatic carbocycles. The van der Waals surface area contributed by atoms with E-state index in [2.05, 4.69) is 10.3 Å². The van der Waals surface area contributed by atoms with Crippen molar-refractivity contribution in [1.82, 2.24) is 4.98 Å². The molecule has 1 N–H and O–H groups in total. The van der Waals surface area contributed by atoms with Gasteiger partial charge in [-0.15, -0.1) is 11.3 Å². The van der Waals surface area contributed by atoms with Gasteiger partial charge in [-0.2, -0.15) is 13.2 Å².